The first-order valence-corrected chi connectivity index (χ1v) is 22.2. The van der Waals surface area contributed by atoms with Gasteiger partial charge in [0, 0.05) is 33.4 Å². The molecular formula is C48H70N8O3. The largest absolute Gasteiger partial charge is 0.385 e. The number of hydrogen-bond acceptors (Lipinski definition) is 7. The number of likely N-dealkylation sites (tertiary alicyclic amines) is 2. The first-order chi connectivity index (χ1) is 28.4. The Kier molecular flexibility index (Phi) is 15.2. The van der Waals surface area contributed by atoms with E-state index in [4.69, 9.17) is 14.7 Å². The lowest BCUT2D eigenvalue weighted by Crippen LogP contribution is -2.48. The maximum Gasteiger partial charge on any atom is 0.240 e. The number of ether oxygens (including phenoxy) is 1. The SMILES string of the molecule is COCCCCCCCn1c(-c2ccc(-c3ccc(-c4cnc([C@@H]5CCCN5C(=O)[C@H](C(C)C)N(C)C)[nH]4)cc3)cc2)cnc1[C@@H]1CCCN1C(=O)[C@H](C(C)C)N(C)C. The number of H-pyrrole nitrogens is 1. The number of benzene rings is 2. The van der Waals surface area contributed by atoms with Gasteiger partial charge in [-0.05, 0) is 101 Å². The molecule has 2 saturated heterocycles. The number of carbonyl (C=O) groups is 2. The molecule has 0 bridgehead atoms. The lowest BCUT2D eigenvalue weighted by atomic mass is 10.0. The van der Waals surface area contributed by atoms with Crippen molar-refractivity contribution in [1.82, 2.24) is 39.1 Å². The number of aromatic nitrogens is 4. The number of hydrogen-bond donors (Lipinski definition) is 1. The maximum absolute atomic E-state index is 14.0. The van der Waals surface area contributed by atoms with E-state index in [9.17, 15) is 9.59 Å². The summed E-state index contributed by atoms with van der Waals surface area (Å²) in [7, 11) is 9.76. The Morgan fingerprint density at radius 1 is 0.695 bits per heavy atom. The van der Waals surface area contributed by atoms with E-state index in [1.54, 1.807) is 7.11 Å². The van der Waals surface area contributed by atoms with Crippen LogP contribution in [0.3, 0.4) is 0 Å². The molecule has 11 nitrogen and oxygen atoms in total. The second kappa shape index (κ2) is 20.3. The van der Waals surface area contributed by atoms with Crippen molar-refractivity contribution in [3.05, 3.63) is 72.6 Å². The van der Waals surface area contributed by atoms with Crippen LogP contribution >= 0.6 is 0 Å². The highest BCUT2D eigenvalue weighted by atomic mass is 16.5. The van der Waals surface area contributed by atoms with Gasteiger partial charge >= 0.3 is 0 Å². The molecule has 2 fully saturated rings. The summed E-state index contributed by atoms with van der Waals surface area (Å²) in [5.74, 6) is 2.70. The molecule has 2 amide bonds. The Labute approximate surface area is 353 Å². The number of rotatable bonds is 19. The minimum absolute atomic E-state index is 0.0252. The van der Waals surface area contributed by atoms with Crippen LogP contribution in [0.1, 0.15) is 109 Å². The minimum atomic E-state index is -0.157. The van der Waals surface area contributed by atoms with Crippen LogP contribution in [0.2, 0.25) is 0 Å². The number of nitrogens with one attached hydrogen (secondary N) is 1. The summed E-state index contributed by atoms with van der Waals surface area (Å²) in [6, 6.07) is 17.1. The number of aromatic amines is 1. The molecule has 0 radical (unpaired) electrons. The van der Waals surface area contributed by atoms with E-state index in [0.29, 0.717) is 0 Å². The summed E-state index contributed by atoms with van der Waals surface area (Å²) in [5, 5.41) is 0. The third-order valence-electron chi connectivity index (χ3n) is 12.5. The van der Waals surface area contributed by atoms with Crippen LogP contribution in [0.25, 0.3) is 33.6 Å². The molecule has 59 heavy (non-hydrogen) atoms. The van der Waals surface area contributed by atoms with E-state index < -0.39 is 0 Å². The van der Waals surface area contributed by atoms with E-state index >= 15 is 0 Å². The van der Waals surface area contributed by atoms with Gasteiger partial charge in [-0.25, -0.2) is 9.97 Å². The fraction of sp³-hybridized carbons (Fsp3) is 0.583. The smallest absolute Gasteiger partial charge is 0.240 e. The number of imidazole rings is 2. The van der Waals surface area contributed by atoms with Gasteiger partial charge in [0.1, 0.15) is 11.6 Å². The molecule has 2 aliphatic heterocycles. The number of unbranched alkanes of at least 4 members (excludes halogenated alkanes) is 4. The highest BCUT2D eigenvalue weighted by molar-refractivity contribution is 5.83. The zero-order chi connectivity index (χ0) is 42.2. The standard InChI is InChI=1S/C48H70N8O3/c1-33(2)43(52(5)6)47(57)55-28-15-17-40(55)45-49-31-39(51-45)37-23-19-35(20-24-37)36-21-25-38(26-22-36)42-32-50-46(54(42)27-13-11-10-12-14-30-59-9)41-18-16-29-56(41)48(58)44(34(3)4)53(7)8/h19-26,31-34,40-41,43-44H,10-18,27-30H2,1-9H3,(H,49,51)/t40-,41-,43-,44-/m0/s1. The van der Waals surface area contributed by atoms with Crippen molar-refractivity contribution in [2.45, 2.75) is 116 Å². The van der Waals surface area contributed by atoms with Gasteiger partial charge in [0.25, 0.3) is 0 Å². The molecule has 4 aromatic rings. The molecule has 1 N–H and O–H groups in total. The molecule has 2 aromatic heterocycles. The van der Waals surface area contributed by atoms with Crippen LogP contribution in [0, 0.1) is 11.8 Å². The number of methoxy groups -OCH3 is 1. The van der Waals surface area contributed by atoms with Crippen LogP contribution < -0.4 is 0 Å². The molecule has 0 spiro atoms. The van der Waals surface area contributed by atoms with Crippen LogP contribution in [-0.4, -0.2) is 118 Å². The highest BCUT2D eigenvalue weighted by Gasteiger charge is 2.39. The minimum Gasteiger partial charge on any atom is -0.385 e. The van der Waals surface area contributed by atoms with Crippen molar-refractivity contribution < 1.29 is 14.3 Å². The zero-order valence-electron chi connectivity index (χ0n) is 37.3. The topological polar surface area (TPSA) is 103 Å². The van der Waals surface area contributed by atoms with Gasteiger partial charge in [-0.1, -0.05) is 95.5 Å². The molecule has 4 heterocycles. The summed E-state index contributed by atoms with van der Waals surface area (Å²) in [5.41, 5.74) is 6.53. The summed E-state index contributed by atoms with van der Waals surface area (Å²) in [6.07, 6.45) is 13.4. The quantitative estimate of drug-likeness (QED) is 0.0947. The number of likely N-dealkylation sites (N-methyl/N-ethyl adjacent to an activating group) is 2. The van der Waals surface area contributed by atoms with Gasteiger partial charge in [0.2, 0.25) is 11.8 Å². The number of amides is 2. The Balaban J connectivity index is 1.18. The molecule has 0 unspecified atom stereocenters. The Morgan fingerprint density at radius 2 is 1.20 bits per heavy atom. The first kappa shape index (κ1) is 44.2. The van der Waals surface area contributed by atoms with Gasteiger partial charge in [-0.2, -0.15) is 0 Å². The van der Waals surface area contributed by atoms with Crippen molar-refractivity contribution in [2.75, 3.05) is 55.0 Å². The van der Waals surface area contributed by atoms with Gasteiger partial charge < -0.3 is 24.1 Å². The average molecular weight is 807 g/mol. The van der Waals surface area contributed by atoms with Gasteiger partial charge in [0.15, 0.2) is 0 Å². The van der Waals surface area contributed by atoms with Crippen LogP contribution in [0.4, 0.5) is 0 Å². The Bertz CT molecular complexity index is 1930. The van der Waals surface area contributed by atoms with Gasteiger partial charge in [-0.15, -0.1) is 0 Å². The molecule has 2 aromatic carbocycles. The normalized spacial score (nSPS) is 18.3. The fourth-order valence-electron chi connectivity index (χ4n) is 9.65. The van der Waals surface area contributed by atoms with E-state index in [2.05, 4.69) is 95.6 Å². The Hall–Kier alpha value is -4.32. The summed E-state index contributed by atoms with van der Waals surface area (Å²) in [4.78, 5) is 49.3. The predicted molar refractivity (Wildman–Crippen MR) is 238 cm³/mol. The summed E-state index contributed by atoms with van der Waals surface area (Å²) < 4.78 is 7.66. The molecule has 4 atom stereocenters. The third-order valence-corrected chi connectivity index (χ3v) is 12.5. The second-order valence-corrected chi connectivity index (χ2v) is 17.9. The monoisotopic (exact) mass is 807 g/mol. The van der Waals surface area contributed by atoms with Crippen molar-refractivity contribution in [1.29, 1.82) is 0 Å². The number of carbonyl (C=O) groups excluding carboxylic acids is 2. The van der Waals surface area contributed by atoms with E-state index in [-0.39, 0.29) is 47.8 Å². The predicted octanol–water partition coefficient (Wildman–Crippen LogP) is 8.70. The van der Waals surface area contributed by atoms with E-state index in [1.165, 1.54) is 12.8 Å². The second-order valence-electron chi connectivity index (χ2n) is 17.9. The van der Waals surface area contributed by atoms with Crippen molar-refractivity contribution in [3.8, 4) is 33.6 Å². The van der Waals surface area contributed by atoms with E-state index in [0.717, 1.165) is 116 Å². The molecule has 11 heteroatoms. The molecule has 6 rings (SSSR count). The van der Waals surface area contributed by atoms with Crippen molar-refractivity contribution >= 4 is 11.8 Å². The van der Waals surface area contributed by atoms with Crippen molar-refractivity contribution in [3.63, 3.8) is 0 Å². The lowest BCUT2D eigenvalue weighted by molar-refractivity contribution is -0.139. The van der Waals surface area contributed by atoms with Crippen LogP contribution in [-0.2, 0) is 20.9 Å². The van der Waals surface area contributed by atoms with Gasteiger partial charge in [0.05, 0.1) is 47.9 Å². The molecule has 0 saturated carbocycles. The van der Waals surface area contributed by atoms with Crippen LogP contribution in [0.15, 0.2) is 60.9 Å². The molecule has 2 aliphatic rings. The molecule has 320 valence electrons. The molecule has 0 aliphatic carbocycles. The molecular weight excluding hydrogens is 737 g/mol. The van der Waals surface area contributed by atoms with Crippen LogP contribution in [0.5, 0.6) is 0 Å². The zero-order valence-corrected chi connectivity index (χ0v) is 37.3. The lowest BCUT2D eigenvalue weighted by Gasteiger charge is -2.34. The fourth-order valence-corrected chi connectivity index (χ4v) is 9.65. The average Bonchev–Trinajstić information content (AvgIpc) is 4.04. The van der Waals surface area contributed by atoms with E-state index in [1.807, 2.05) is 50.4 Å². The first-order valence-electron chi connectivity index (χ1n) is 22.2. The van der Waals surface area contributed by atoms with Crippen molar-refractivity contribution in [2.24, 2.45) is 11.8 Å². The van der Waals surface area contributed by atoms with Gasteiger partial charge in [-0.3, -0.25) is 19.4 Å². The Morgan fingerprint density at radius 3 is 1.76 bits per heavy atom. The highest BCUT2D eigenvalue weighted by Crippen LogP contribution is 2.37. The third kappa shape index (κ3) is 10.2. The number of nitrogens with zero attached hydrogens (tertiary/aromatic N) is 7. The summed E-state index contributed by atoms with van der Waals surface area (Å²) >= 11 is 0. The summed E-state index contributed by atoms with van der Waals surface area (Å²) in [6.45, 7) is 11.7. The maximum atomic E-state index is 14.0.